The molecule has 0 saturated heterocycles. The van der Waals surface area contributed by atoms with E-state index in [0.29, 0.717) is 5.33 Å². The standard InChI is InChI=1S/C9H7BrOS/c1-7(11)9-5-8(6-12-9)3-2-4-10/h5-6H,4H2,1H3. The van der Waals surface area contributed by atoms with Crippen molar-refractivity contribution in [2.24, 2.45) is 0 Å². The zero-order chi connectivity index (χ0) is 8.97. The SMILES string of the molecule is CC(=O)c1cc(C#CCBr)cs1. The van der Waals surface area contributed by atoms with E-state index in [1.807, 2.05) is 11.4 Å². The first kappa shape index (κ1) is 9.50. The maximum Gasteiger partial charge on any atom is 0.169 e. The first-order valence-corrected chi connectivity index (χ1v) is 5.38. The summed E-state index contributed by atoms with van der Waals surface area (Å²) < 4.78 is 0. The fourth-order valence-electron chi connectivity index (χ4n) is 0.722. The summed E-state index contributed by atoms with van der Waals surface area (Å²) in [6.07, 6.45) is 0. The minimum atomic E-state index is 0.104. The zero-order valence-electron chi connectivity index (χ0n) is 6.56. The Morgan fingerprint density at radius 3 is 3.00 bits per heavy atom. The molecule has 0 unspecified atom stereocenters. The molecule has 62 valence electrons. The van der Waals surface area contributed by atoms with Gasteiger partial charge in [-0.15, -0.1) is 11.3 Å². The van der Waals surface area contributed by atoms with Gasteiger partial charge in [-0.25, -0.2) is 0 Å². The molecule has 1 rings (SSSR count). The highest BCUT2D eigenvalue weighted by Gasteiger charge is 2.01. The van der Waals surface area contributed by atoms with E-state index < -0.39 is 0 Å². The first-order valence-electron chi connectivity index (χ1n) is 3.38. The number of alkyl halides is 1. The number of thiophene rings is 1. The average Bonchev–Trinajstić information content (AvgIpc) is 2.48. The summed E-state index contributed by atoms with van der Waals surface area (Å²) >= 11 is 4.65. The van der Waals surface area contributed by atoms with Crippen LogP contribution in [-0.2, 0) is 0 Å². The summed E-state index contributed by atoms with van der Waals surface area (Å²) in [6.45, 7) is 1.56. The Labute approximate surface area is 83.9 Å². The number of hydrogen-bond donors (Lipinski definition) is 0. The lowest BCUT2D eigenvalue weighted by molar-refractivity contribution is 0.102. The van der Waals surface area contributed by atoms with Gasteiger partial charge in [0.25, 0.3) is 0 Å². The Bertz CT molecular complexity index is 343. The highest BCUT2D eigenvalue weighted by Crippen LogP contribution is 2.13. The molecule has 0 bridgehead atoms. The Balaban J connectivity index is 2.84. The first-order chi connectivity index (χ1) is 5.74. The van der Waals surface area contributed by atoms with Crippen LogP contribution in [0.25, 0.3) is 0 Å². The summed E-state index contributed by atoms with van der Waals surface area (Å²) in [6, 6.07) is 1.82. The number of Topliss-reactive ketones (excluding diaryl/α,β-unsaturated/α-hetero) is 1. The lowest BCUT2D eigenvalue weighted by Crippen LogP contribution is -1.84. The van der Waals surface area contributed by atoms with Gasteiger partial charge in [0.2, 0.25) is 0 Å². The predicted octanol–water partition coefficient (Wildman–Crippen LogP) is 2.70. The number of rotatable bonds is 1. The van der Waals surface area contributed by atoms with Crippen molar-refractivity contribution in [2.45, 2.75) is 6.92 Å². The predicted molar refractivity (Wildman–Crippen MR) is 55.0 cm³/mol. The fourth-order valence-corrected chi connectivity index (χ4v) is 1.60. The zero-order valence-corrected chi connectivity index (χ0v) is 8.96. The van der Waals surface area contributed by atoms with Crippen LogP contribution < -0.4 is 0 Å². The normalized spacial score (nSPS) is 8.83. The molecule has 0 radical (unpaired) electrons. The molecule has 3 heteroatoms. The lowest BCUT2D eigenvalue weighted by Gasteiger charge is -1.81. The van der Waals surface area contributed by atoms with E-state index in [-0.39, 0.29) is 5.78 Å². The van der Waals surface area contributed by atoms with Crippen LogP contribution in [0.15, 0.2) is 11.4 Å². The number of carbonyl (C=O) groups is 1. The van der Waals surface area contributed by atoms with Crippen LogP contribution in [0.4, 0.5) is 0 Å². The molecule has 1 nitrogen and oxygen atoms in total. The minimum absolute atomic E-state index is 0.104. The number of hydrogen-bond acceptors (Lipinski definition) is 2. The van der Waals surface area contributed by atoms with Crippen LogP contribution >= 0.6 is 27.3 Å². The van der Waals surface area contributed by atoms with E-state index in [0.717, 1.165) is 10.4 Å². The Morgan fingerprint density at radius 1 is 1.75 bits per heavy atom. The molecule has 0 aliphatic rings. The third-order valence-corrected chi connectivity index (χ3v) is 2.56. The monoisotopic (exact) mass is 242 g/mol. The van der Waals surface area contributed by atoms with Gasteiger partial charge in [-0.2, -0.15) is 0 Å². The van der Waals surface area contributed by atoms with Crippen molar-refractivity contribution in [3.05, 3.63) is 21.9 Å². The second-order valence-electron chi connectivity index (χ2n) is 2.19. The van der Waals surface area contributed by atoms with E-state index in [1.54, 1.807) is 6.92 Å². The van der Waals surface area contributed by atoms with Gasteiger partial charge in [-0.3, -0.25) is 4.79 Å². The van der Waals surface area contributed by atoms with Crippen molar-refractivity contribution < 1.29 is 4.79 Å². The molecule has 0 aromatic carbocycles. The average molecular weight is 243 g/mol. The van der Waals surface area contributed by atoms with Gasteiger partial charge >= 0.3 is 0 Å². The molecule has 1 aromatic heterocycles. The molecule has 0 atom stereocenters. The van der Waals surface area contributed by atoms with E-state index in [9.17, 15) is 4.79 Å². The van der Waals surface area contributed by atoms with Crippen molar-refractivity contribution >= 4 is 33.0 Å². The van der Waals surface area contributed by atoms with E-state index in [1.165, 1.54) is 11.3 Å². The summed E-state index contributed by atoms with van der Waals surface area (Å²) in [4.78, 5) is 11.7. The van der Waals surface area contributed by atoms with Crippen LogP contribution in [0.1, 0.15) is 22.2 Å². The van der Waals surface area contributed by atoms with Crippen molar-refractivity contribution in [3.63, 3.8) is 0 Å². The van der Waals surface area contributed by atoms with Gasteiger partial charge in [0.1, 0.15) is 0 Å². The number of carbonyl (C=O) groups excluding carboxylic acids is 1. The van der Waals surface area contributed by atoms with Crippen LogP contribution in [0, 0.1) is 11.8 Å². The highest BCUT2D eigenvalue weighted by molar-refractivity contribution is 9.09. The number of ketones is 1. The fraction of sp³-hybridized carbons (Fsp3) is 0.222. The van der Waals surface area contributed by atoms with Crippen LogP contribution in [0.3, 0.4) is 0 Å². The van der Waals surface area contributed by atoms with E-state index >= 15 is 0 Å². The maximum absolute atomic E-state index is 10.9. The molecule has 0 fully saturated rings. The lowest BCUT2D eigenvalue weighted by atomic mass is 10.3. The molecule has 12 heavy (non-hydrogen) atoms. The number of halogens is 1. The molecule has 0 aliphatic heterocycles. The smallest absolute Gasteiger partial charge is 0.169 e. The molecule has 0 N–H and O–H groups in total. The van der Waals surface area contributed by atoms with Crippen LogP contribution in [0.5, 0.6) is 0 Å². The van der Waals surface area contributed by atoms with Crippen molar-refractivity contribution in [1.29, 1.82) is 0 Å². The highest BCUT2D eigenvalue weighted by atomic mass is 79.9. The van der Waals surface area contributed by atoms with E-state index in [2.05, 4.69) is 27.8 Å². The molecule has 0 aliphatic carbocycles. The Morgan fingerprint density at radius 2 is 2.50 bits per heavy atom. The Kier molecular flexibility index (Phi) is 3.51. The minimum Gasteiger partial charge on any atom is -0.294 e. The molecule has 1 aromatic rings. The molecule has 0 spiro atoms. The maximum atomic E-state index is 10.9. The second-order valence-corrected chi connectivity index (χ2v) is 3.66. The molecule has 0 amide bonds. The quantitative estimate of drug-likeness (QED) is 0.421. The summed E-state index contributed by atoms with van der Waals surface area (Å²) in [5.41, 5.74) is 0.921. The summed E-state index contributed by atoms with van der Waals surface area (Å²) in [7, 11) is 0. The molecule has 0 saturated carbocycles. The van der Waals surface area contributed by atoms with Gasteiger partial charge in [-0.05, 0) is 13.0 Å². The van der Waals surface area contributed by atoms with Gasteiger partial charge in [0.05, 0.1) is 10.2 Å². The Hall–Kier alpha value is -0.590. The third-order valence-electron chi connectivity index (χ3n) is 1.25. The van der Waals surface area contributed by atoms with Gasteiger partial charge in [-0.1, -0.05) is 27.8 Å². The second kappa shape index (κ2) is 4.44. The van der Waals surface area contributed by atoms with Crippen LogP contribution in [0.2, 0.25) is 0 Å². The molecular formula is C9H7BrOS. The topological polar surface area (TPSA) is 17.1 Å². The van der Waals surface area contributed by atoms with Gasteiger partial charge < -0.3 is 0 Å². The largest absolute Gasteiger partial charge is 0.294 e. The molecular weight excluding hydrogens is 236 g/mol. The van der Waals surface area contributed by atoms with Crippen molar-refractivity contribution in [1.82, 2.24) is 0 Å². The van der Waals surface area contributed by atoms with Gasteiger partial charge in [0, 0.05) is 10.9 Å². The third kappa shape index (κ3) is 2.47. The van der Waals surface area contributed by atoms with Crippen molar-refractivity contribution in [2.75, 3.05) is 5.33 Å². The molecule has 1 heterocycles. The van der Waals surface area contributed by atoms with Crippen LogP contribution in [-0.4, -0.2) is 11.1 Å². The van der Waals surface area contributed by atoms with Crippen molar-refractivity contribution in [3.8, 4) is 11.8 Å². The summed E-state index contributed by atoms with van der Waals surface area (Å²) in [5, 5.41) is 2.56. The summed E-state index contributed by atoms with van der Waals surface area (Å²) in [5.74, 6) is 5.91. The van der Waals surface area contributed by atoms with Gasteiger partial charge in [0.15, 0.2) is 5.78 Å². The van der Waals surface area contributed by atoms with E-state index in [4.69, 9.17) is 0 Å².